The minimum absolute atomic E-state index is 0.0925. The van der Waals surface area contributed by atoms with Crippen molar-refractivity contribution in [3.63, 3.8) is 0 Å². The van der Waals surface area contributed by atoms with Crippen molar-refractivity contribution >= 4 is 34.0 Å². The predicted molar refractivity (Wildman–Crippen MR) is 100 cm³/mol. The number of nitrogens with zero attached hydrogens (tertiary/aromatic N) is 1. The first-order valence-corrected chi connectivity index (χ1v) is 9.12. The lowest BCUT2D eigenvalue weighted by Crippen LogP contribution is -2.30. The van der Waals surface area contributed by atoms with Crippen LogP contribution in [0.25, 0.3) is 0 Å². The standard InChI is InChI=1S/C18H15F3N4O3S/c1-10-14(5-6-28-10)16(27)23-17-22-13(9-29-17)8-15(26)25-24-12-4-2-3-11(7-12)18(19,20)21/h2-7,9,24H,8H2,1H3,(H,25,26)(H,22,23,27). The Kier molecular flexibility index (Phi) is 5.87. The Hall–Kier alpha value is -3.34. The molecule has 0 atom stereocenters. The molecule has 0 bridgehead atoms. The summed E-state index contributed by atoms with van der Waals surface area (Å²) in [6, 6.07) is 5.97. The number of anilines is 2. The highest BCUT2D eigenvalue weighted by Crippen LogP contribution is 2.30. The molecule has 0 saturated heterocycles. The van der Waals surface area contributed by atoms with Gasteiger partial charge in [-0.2, -0.15) is 13.2 Å². The van der Waals surface area contributed by atoms with Crippen molar-refractivity contribution in [1.29, 1.82) is 0 Å². The number of alkyl halides is 3. The van der Waals surface area contributed by atoms with Crippen LogP contribution in [0, 0.1) is 6.92 Å². The second-order valence-corrected chi connectivity index (χ2v) is 6.78. The first-order valence-electron chi connectivity index (χ1n) is 8.24. The van der Waals surface area contributed by atoms with Gasteiger partial charge in [-0.25, -0.2) is 4.98 Å². The molecule has 2 amide bonds. The molecule has 7 nitrogen and oxygen atoms in total. The summed E-state index contributed by atoms with van der Waals surface area (Å²) in [4.78, 5) is 28.3. The summed E-state index contributed by atoms with van der Waals surface area (Å²) in [7, 11) is 0. The molecule has 2 heterocycles. The predicted octanol–water partition coefficient (Wildman–Crippen LogP) is 4.00. The zero-order chi connectivity index (χ0) is 21.0. The zero-order valence-corrected chi connectivity index (χ0v) is 15.8. The van der Waals surface area contributed by atoms with Crippen molar-refractivity contribution in [2.45, 2.75) is 19.5 Å². The monoisotopic (exact) mass is 424 g/mol. The number of hydrogen-bond acceptors (Lipinski definition) is 6. The van der Waals surface area contributed by atoms with E-state index in [1.165, 1.54) is 24.5 Å². The molecule has 0 aliphatic carbocycles. The fourth-order valence-electron chi connectivity index (χ4n) is 2.35. The van der Waals surface area contributed by atoms with Gasteiger partial charge < -0.3 is 4.42 Å². The Bertz CT molecular complexity index is 1030. The molecule has 11 heteroatoms. The molecule has 3 aromatic rings. The normalized spacial score (nSPS) is 11.2. The van der Waals surface area contributed by atoms with Crippen LogP contribution in [0.4, 0.5) is 24.0 Å². The molecule has 0 aliphatic heterocycles. The second kappa shape index (κ2) is 8.35. The number of furan rings is 1. The fraction of sp³-hybridized carbons (Fsp3) is 0.167. The lowest BCUT2D eigenvalue weighted by Gasteiger charge is -2.11. The molecule has 0 aliphatic rings. The van der Waals surface area contributed by atoms with E-state index in [4.69, 9.17) is 4.42 Å². The minimum atomic E-state index is -4.47. The first kappa shape index (κ1) is 20.4. The van der Waals surface area contributed by atoms with Gasteiger partial charge in [-0.3, -0.25) is 25.8 Å². The van der Waals surface area contributed by atoms with Gasteiger partial charge in [0.15, 0.2) is 5.13 Å². The average molecular weight is 424 g/mol. The fourth-order valence-corrected chi connectivity index (χ4v) is 3.06. The number of rotatable bonds is 6. The van der Waals surface area contributed by atoms with Gasteiger partial charge in [-0.1, -0.05) is 6.07 Å². The summed E-state index contributed by atoms with van der Waals surface area (Å²) < 4.78 is 43.2. The van der Waals surface area contributed by atoms with Crippen LogP contribution in [0.15, 0.2) is 46.4 Å². The lowest BCUT2D eigenvalue weighted by atomic mass is 10.2. The van der Waals surface area contributed by atoms with Gasteiger partial charge in [0, 0.05) is 5.38 Å². The molecule has 29 heavy (non-hydrogen) atoms. The van der Waals surface area contributed by atoms with Crippen LogP contribution in [0.2, 0.25) is 0 Å². The number of thiazole rings is 1. The van der Waals surface area contributed by atoms with Crippen molar-refractivity contribution in [1.82, 2.24) is 10.4 Å². The van der Waals surface area contributed by atoms with Crippen LogP contribution in [0.3, 0.4) is 0 Å². The summed E-state index contributed by atoms with van der Waals surface area (Å²) in [5.41, 5.74) is 4.79. The van der Waals surface area contributed by atoms with Crippen molar-refractivity contribution in [2.24, 2.45) is 0 Å². The van der Waals surface area contributed by atoms with E-state index >= 15 is 0 Å². The van der Waals surface area contributed by atoms with Gasteiger partial charge in [0.05, 0.1) is 35.2 Å². The number of carbonyl (C=O) groups is 2. The third-order valence-corrected chi connectivity index (χ3v) is 4.56. The highest BCUT2D eigenvalue weighted by molar-refractivity contribution is 7.14. The molecular formula is C18H15F3N4O3S. The maximum Gasteiger partial charge on any atom is 0.416 e. The number of halogens is 3. The molecule has 152 valence electrons. The van der Waals surface area contributed by atoms with Gasteiger partial charge in [-0.05, 0) is 31.2 Å². The van der Waals surface area contributed by atoms with Gasteiger partial charge in [-0.15, -0.1) is 11.3 Å². The van der Waals surface area contributed by atoms with E-state index < -0.39 is 17.6 Å². The maximum atomic E-state index is 12.7. The maximum absolute atomic E-state index is 12.7. The number of nitrogens with one attached hydrogen (secondary N) is 3. The summed E-state index contributed by atoms with van der Waals surface area (Å²) in [6.45, 7) is 1.66. The van der Waals surface area contributed by atoms with Crippen LogP contribution in [0.5, 0.6) is 0 Å². The topological polar surface area (TPSA) is 96.3 Å². The summed E-state index contributed by atoms with van der Waals surface area (Å²) >= 11 is 1.14. The largest absolute Gasteiger partial charge is 0.469 e. The van der Waals surface area contributed by atoms with Gasteiger partial charge in [0.2, 0.25) is 5.91 Å². The van der Waals surface area contributed by atoms with Crippen molar-refractivity contribution < 1.29 is 27.2 Å². The van der Waals surface area contributed by atoms with Crippen LogP contribution < -0.4 is 16.2 Å². The molecule has 0 spiro atoms. The molecule has 0 radical (unpaired) electrons. The van der Waals surface area contributed by atoms with E-state index in [2.05, 4.69) is 21.2 Å². The average Bonchev–Trinajstić information content (AvgIpc) is 3.28. The van der Waals surface area contributed by atoms with E-state index in [1.807, 2.05) is 0 Å². The van der Waals surface area contributed by atoms with Gasteiger partial charge >= 0.3 is 6.18 Å². The molecule has 1 aromatic carbocycles. The van der Waals surface area contributed by atoms with E-state index in [0.29, 0.717) is 22.1 Å². The van der Waals surface area contributed by atoms with Crippen LogP contribution >= 0.6 is 11.3 Å². The molecule has 0 fully saturated rings. The Morgan fingerprint density at radius 2 is 2.03 bits per heavy atom. The van der Waals surface area contributed by atoms with E-state index in [-0.39, 0.29) is 18.0 Å². The molecule has 2 aromatic heterocycles. The quantitative estimate of drug-likeness (QED) is 0.520. The van der Waals surface area contributed by atoms with Crippen molar-refractivity contribution in [2.75, 3.05) is 10.7 Å². The molecule has 0 saturated carbocycles. The van der Waals surface area contributed by atoms with Gasteiger partial charge in [0.25, 0.3) is 5.91 Å². The first-order chi connectivity index (χ1) is 13.7. The van der Waals surface area contributed by atoms with E-state index in [1.54, 1.807) is 12.3 Å². The number of carbonyl (C=O) groups excluding carboxylic acids is 2. The minimum Gasteiger partial charge on any atom is -0.469 e. The Morgan fingerprint density at radius 1 is 1.24 bits per heavy atom. The number of aromatic nitrogens is 1. The number of hydrazine groups is 1. The lowest BCUT2D eigenvalue weighted by molar-refractivity contribution is -0.137. The molecule has 0 unspecified atom stereocenters. The Balaban J connectivity index is 1.53. The number of hydrogen-bond donors (Lipinski definition) is 3. The van der Waals surface area contributed by atoms with Crippen molar-refractivity contribution in [3.8, 4) is 0 Å². The molecule has 3 N–H and O–H groups in total. The summed E-state index contributed by atoms with van der Waals surface area (Å²) in [5, 5.41) is 4.52. The second-order valence-electron chi connectivity index (χ2n) is 5.92. The van der Waals surface area contributed by atoms with Crippen molar-refractivity contribution in [3.05, 3.63) is 64.6 Å². The zero-order valence-electron chi connectivity index (χ0n) is 15.0. The number of amides is 2. The third-order valence-electron chi connectivity index (χ3n) is 3.75. The van der Waals surface area contributed by atoms with Crippen LogP contribution in [-0.2, 0) is 17.4 Å². The SMILES string of the molecule is Cc1occc1C(=O)Nc1nc(CC(=O)NNc2cccc(C(F)(F)F)c2)cs1. The van der Waals surface area contributed by atoms with Gasteiger partial charge in [0.1, 0.15) is 5.76 Å². The number of aryl methyl sites for hydroxylation is 1. The highest BCUT2D eigenvalue weighted by Gasteiger charge is 2.30. The highest BCUT2D eigenvalue weighted by atomic mass is 32.1. The van der Waals surface area contributed by atoms with E-state index in [9.17, 15) is 22.8 Å². The summed E-state index contributed by atoms with van der Waals surface area (Å²) in [6.07, 6.45) is -3.19. The Morgan fingerprint density at radius 3 is 2.72 bits per heavy atom. The summed E-state index contributed by atoms with van der Waals surface area (Å²) in [5.74, 6) is -0.414. The third kappa shape index (κ3) is 5.35. The number of benzene rings is 1. The molecule has 3 rings (SSSR count). The van der Waals surface area contributed by atoms with E-state index in [0.717, 1.165) is 23.5 Å². The molecular weight excluding hydrogens is 409 g/mol. The van der Waals surface area contributed by atoms with Crippen LogP contribution in [-0.4, -0.2) is 16.8 Å². The van der Waals surface area contributed by atoms with Crippen LogP contribution in [0.1, 0.15) is 27.4 Å². The Labute approximate surface area is 166 Å². The smallest absolute Gasteiger partial charge is 0.416 e.